The molecule has 128 valence electrons. The van der Waals surface area contributed by atoms with Crippen molar-refractivity contribution in [1.82, 2.24) is 9.88 Å². The Balaban J connectivity index is 0.000000248. The Bertz CT molecular complexity index is 537. The number of nitrogens with zero attached hydrogens (tertiary/aromatic N) is 1. The van der Waals surface area contributed by atoms with Gasteiger partial charge in [-0.25, -0.2) is 0 Å². The van der Waals surface area contributed by atoms with Crippen molar-refractivity contribution in [3.8, 4) is 0 Å². The van der Waals surface area contributed by atoms with Crippen molar-refractivity contribution in [2.24, 2.45) is 11.8 Å². The summed E-state index contributed by atoms with van der Waals surface area (Å²) in [6.45, 7) is 12.4. The molecular formula is C19H30N2OS. The van der Waals surface area contributed by atoms with E-state index in [1.165, 1.54) is 22.7 Å². The van der Waals surface area contributed by atoms with Crippen molar-refractivity contribution >= 4 is 27.9 Å². The lowest BCUT2D eigenvalue weighted by Gasteiger charge is -2.25. The molecule has 1 aromatic heterocycles. The number of aromatic amines is 1. The van der Waals surface area contributed by atoms with Gasteiger partial charge in [-0.3, -0.25) is 4.79 Å². The summed E-state index contributed by atoms with van der Waals surface area (Å²) in [5.74, 6) is 1.97. The largest absolute Gasteiger partial charge is 0.361 e. The highest BCUT2D eigenvalue weighted by Gasteiger charge is 2.15. The number of H-pyrrole nitrogens is 1. The van der Waals surface area contributed by atoms with Crippen LogP contribution in [0.15, 0.2) is 36.5 Å². The number of rotatable bonds is 5. The molecule has 0 fully saturated rings. The zero-order valence-electron chi connectivity index (χ0n) is 15.0. The predicted octanol–water partition coefficient (Wildman–Crippen LogP) is 5.64. The number of aromatic nitrogens is 1. The van der Waals surface area contributed by atoms with Crippen LogP contribution in [0.4, 0.5) is 4.79 Å². The third-order valence-corrected chi connectivity index (χ3v) is 3.95. The fraction of sp³-hybridized carbons (Fsp3) is 0.526. The Labute approximate surface area is 144 Å². The third kappa shape index (κ3) is 7.60. The second-order valence-electron chi connectivity index (χ2n) is 6.46. The van der Waals surface area contributed by atoms with Crippen LogP contribution in [-0.4, -0.2) is 34.0 Å². The van der Waals surface area contributed by atoms with Crippen LogP contribution < -0.4 is 0 Å². The summed E-state index contributed by atoms with van der Waals surface area (Å²) in [4.78, 5) is 16.8. The van der Waals surface area contributed by atoms with Crippen molar-refractivity contribution in [1.29, 1.82) is 0 Å². The summed E-state index contributed by atoms with van der Waals surface area (Å²) in [6, 6.07) is 10.3. The van der Waals surface area contributed by atoms with Crippen LogP contribution in [0.1, 0.15) is 34.6 Å². The van der Waals surface area contributed by atoms with Crippen LogP contribution >= 0.6 is 11.8 Å². The Hall–Kier alpha value is -1.42. The average molecular weight is 335 g/mol. The van der Waals surface area contributed by atoms with Gasteiger partial charge in [0.1, 0.15) is 0 Å². The standard InChI is InChI=1S/C11H23NOS.C8H7N/c1-6-14-11(13)12(7-9(2)3)8-10(4)5;1-2-4-8-7(3-1)5-6-9-8/h9-10H,6-8H2,1-5H3;1-6,9H. The molecule has 0 aliphatic carbocycles. The maximum absolute atomic E-state index is 11.7. The van der Waals surface area contributed by atoms with E-state index in [1.54, 1.807) is 0 Å². The number of carbonyl (C=O) groups is 1. The van der Waals surface area contributed by atoms with Gasteiger partial charge < -0.3 is 9.88 Å². The molecule has 1 N–H and O–H groups in total. The van der Waals surface area contributed by atoms with E-state index in [1.807, 2.05) is 30.2 Å². The van der Waals surface area contributed by atoms with E-state index in [0.717, 1.165) is 18.8 Å². The number of nitrogens with one attached hydrogen (secondary N) is 1. The summed E-state index contributed by atoms with van der Waals surface area (Å²) in [7, 11) is 0. The Morgan fingerprint density at radius 2 is 1.70 bits per heavy atom. The first-order valence-electron chi connectivity index (χ1n) is 8.37. The lowest BCUT2D eigenvalue weighted by molar-refractivity contribution is 0.208. The minimum atomic E-state index is 0.231. The zero-order valence-corrected chi connectivity index (χ0v) is 15.8. The van der Waals surface area contributed by atoms with Gasteiger partial charge in [0.05, 0.1) is 0 Å². The first-order chi connectivity index (χ1) is 10.9. The molecule has 1 amide bonds. The van der Waals surface area contributed by atoms with Gasteiger partial charge in [-0.05, 0) is 35.1 Å². The normalized spacial score (nSPS) is 10.7. The minimum absolute atomic E-state index is 0.231. The number of para-hydroxylation sites is 1. The second kappa shape index (κ2) is 10.4. The first kappa shape index (κ1) is 19.6. The van der Waals surface area contributed by atoms with Crippen LogP contribution in [0.2, 0.25) is 0 Å². The fourth-order valence-electron chi connectivity index (χ4n) is 2.31. The Kier molecular flexibility index (Phi) is 8.85. The van der Waals surface area contributed by atoms with Crippen molar-refractivity contribution in [2.75, 3.05) is 18.8 Å². The van der Waals surface area contributed by atoms with Gasteiger partial charge in [0.15, 0.2) is 0 Å². The van der Waals surface area contributed by atoms with Gasteiger partial charge in [-0.15, -0.1) is 0 Å². The number of hydrogen-bond acceptors (Lipinski definition) is 2. The highest BCUT2D eigenvalue weighted by molar-refractivity contribution is 8.13. The van der Waals surface area contributed by atoms with E-state index in [0.29, 0.717) is 11.8 Å². The Morgan fingerprint density at radius 3 is 2.22 bits per heavy atom. The van der Waals surface area contributed by atoms with Crippen LogP contribution in [0.3, 0.4) is 0 Å². The molecule has 3 nitrogen and oxygen atoms in total. The monoisotopic (exact) mass is 334 g/mol. The molecule has 0 spiro atoms. The molecule has 4 heteroatoms. The van der Waals surface area contributed by atoms with Gasteiger partial charge in [0.2, 0.25) is 0 Å². The summed E-state index contributed by atoms with van der Waals surface area (Å²) in [5.41, 5.74) is 1.21. The summed E-state index contributed by atoms with van der Waals surface area (Å²) in [5, 5.41) is 1.51. The smallest absolute Gasteiger partial charge is 0.281 e. The molecule has 0 atom stereocenters. The van der Waals surface area contributed by atoms with Crippen LogP contribution in [-0.2, 0) is 0 Å². The SMILES string of the molecule is CCSC(=O)N(CC(C)C)CC(C)C.c1ccc2[nH]ccc2c1. The predicted molar refractivity (Wildman–Crippen MR) is 103 cm³/mol. The van der Waals surface area contributed by atoms with Gasteiger partial charge >= 0.3 is 0 Å². The summed E-state index contributed by atoms with van der Waals surface area (Å²) < 4.78 is 0. The third-order valence-electron chi connectivity index (χ3n) is 3.16. The number of amides is 1. The highest BCUT2D eigenvalue weighted by Crippen LogP contribution is 2.12. The zero-order chi connectivity index (χ0) is 17.2. The number of carbonyl (C=O) groups excluding carboxylic acids is 1. The molecule has 0 radical (unpaired) electrons. The van der Waals surface area contributed by atoms with E-state index < -0.39 is 0 Å². The molecule has 2 rings (SSSR count). The van der Waals surface area contributed by atoms with Crippen LogP contribution in [0, 0.1) is 11.8 Å². The molecule has 0 saturated heterocycles. The van der Waals surface area contributed by atoms with E-state index in [4.69, 9.17) is 0 Å². The molecule has 1 aromatic carbocycles. The quantitative estimate of drug-likeness (QED) is 0.768. The molecule has 1 heterocycles. The summed E-state index contributed by atoms with van der Waals surface area (Å²) >= 11 is 1.41. The Morgan fingerprint density at radius 1 is 1.09 bits per heavy atom. The lowest BCUT2D eigenvalue weighted by atomic mass is 10.1. The fourth-order valence-corrected chi connectivity index (χ4v) is 2.89. The minimum Gasteiger partial charge on any atom is -0.361 e. The van der Waals surface area contributed by atoms with Crippen molar-refractivity contribution < 1.29 is 4.79 Å². The van der Waals surface area contributed by atoms with E-state index in [9.17, 15) is 4.79 Å². The van der Waals surface area contributed by atoms with Crippen molar-refractivity contribution in [2.45, 2.75) is 34.6 Å². The van der Waals surface area contributed by atoms with E-state index in [2.05, 4.69) is 50.9 Å². The molecule has 0 unspecified atom stereocenters. The molecule has 0 aliphatic rings. The maximum atomic E-state index is 11.7. The molecular weight excluding hydrogens is 304 g/mol. The molecule has 0 bridgehead atoms. The van der Waals surface area contributed by atoms with E-state index >= 15 is 0 Å². The van der Waals surface area contributed by atoms with Crippen LogP contribution in [0.5, 0.6) is 0 Å². The number of fused-ring (bicyclic) bond motifs is 1. The van der Waals surface area contributed by atoms with Crippen molar-refractivity contribution in [3.05, 3.63) is 36.5 Å². The summed E-state index contributed by atoms with van der Waals surface area (Å²) in [6.07, 6.45) is 1.95. The van der Waals surface area contributed by atoms with Crippen LogP contribution in [0.25, 0.3) is 10.9 Å². The second-order valence-corrected chi connectivity index (χ2v) is 7.67. The topological polar surface area (TPSA) is 36.1 Å². The number of benzene rings is 1. The molecule has 0 aliphatic heterocycles. The van der Waals surface area contributed by atoms with Gasteiger partial charge in [0.25, 0.3) is 5.24 Å². The first-order valence-corrected chi connectivity index (χ1v) is 9.36. The molecule has 2 aromatic rings. The number of thioether (sulfide) groups is 1. The van der Waals surface area contributed by atoms with Gasteiger partial charge in [-0.2, -0.15) is 0 Å². The average Bonchev–Trinajstić information content (AvgIpc) is 2.95. The van der Waals surface area contributed by atoms with Gasteiger partial charge in [0, 0.05) is 24.8 Å². The maximum Gasteiger partial charge on any atom is 0.281 e. The lowest BCUT2D eigenvalue weighted by Crippen LogP contribution is -2.34. The van der Waals surface area contributed by atoms with Gasteiger partial charge in [-0.1, -0.05) is 64.6 Å². The molecule has 23 heavy (non-hydrogen) atoms. The number of hydrogen-bond donors (Lipinski definition) is 1. The highest BCUT2D eigenvalue weighted by atomic mass is 32.2. The van der Waals surface area contributed by atoms with Crippen molar-refractivity contribution in [3.63, 3.8) is 0 Å². The molecule has 0 saturated carbocycles. The van der Waals surface area contributed by atoms with E-state index in [-0.39, 0.29) is 5.24 Å².